The molecular weight excluding hydrogens is 374 g/mol. The maximum Gasteiger partial charge on any atom is 0.239 e. The highest BCUT2D eigenvalue weighted by molar-refractivity contribution is 7.09. The predicted molar refractivity (Wildman–Crippen MR) is 108 cm³/mol. The zero-order valence-electron chi connectivity index (χ0n) is 16.0. The molecule has 1 saturated heterocycles. The standard InChI is InChI=1S/C21H25N3O3S/c1-2-23(15-19(25)22-12-18-9-6-10-28-18)21(27)17-11-20(26)24(14-17)13-16-7-4-3-5-8-16/h3-10,17H,2,11-15H2,1H3,(H,22,25)/t17-/m0/s1. The van der Waals surface area contributed by atoms with Gasteiger partial charge in [0.05, 0.1) is 19.0 Å². The Kier molecular flexibility index (Phi) is 6.81. The Balaban J connectivity index is 1.52. The Hall–Kier alpha value is -2.67. The predicted octanol–water partition coefficient (Wildman–Crippen LogP) is 2.26. The number of rotatable bonds is 8. The van der Waals surface area contributed by atoms with Crippen LogP contribution in [-0.4, -0.2) is 47.2 Å². The molecule has 3 amide bonds. The number of carbonyl (C=O) groups is 3. The van der Waals surface area contributed by atoms with Crippen molar-refractivity contribution in [2.75, 3.05) is 19.6 Å². The van der Waals surface area contributed by atoms with Gasteiger partial charge < -0.3 is 15.1 Å². The van der Waals surface area contributed by atoms with Crippen molar-refractivity contribution in [2.24, 2.45) is 5.92 Å². The number of nitrogens with zero attached hydrogens (tertiary/aromatic N) is 2. The van der Waals surface area contributed by atoms with Crippen LogP contribution in [0.2, 0.25) is 0 Å². The summed E-state index contributed by atoms with van der Waals surface area (Å²) in [5.41, 5.74) is 1.05. The van der Waals surface area contributed by atoms with Crippen LogP contribution >= 0.6 is 11.3 Å². The van der Waals surface area contributed by atoms with Crippen LogP contribution in [0.5, 0.6) is 0 Å². The Morgan fingerprint density at radius 2 is 2.00 bits per heavy atom. The van der Waals surface area contributed by atoms with Crippen molar-refractivity contribution >= 4 is 29.1 Å². The number of hydrogen-bond donors (Lipinski definition) is 1. The van der Waals surface area contributed by atoms with Gasteiger partial charge in [-0.05, 0) is 23.9 Å². The molecule has 0 unspecified atom stereocenters. The monoisotopic (exact) mass is 399 g/mol. The van der Waals surface area contributed by atoms with Crippen LogP contribution in [0.3, 0.4) is 0 Å². The maximum atomic E-state index is 12.9. The Bertz CT molecular complexity index is 808. The second-order valence-electron chi connectivity index (χ2n) is 6.87. The largest absolute Gasteiger partial charge is 0.350 e. The molecule has 0 bridgehead atoms. The minimum Gasteiger partial charge on any atom is -0.350 e. The van der Waals surface area contributed by atoms with E-state index in [9.17, 15) is 14.4 Å². The van der Waals surface area contributed by atoms with Gasteiger partial charge in [-0.1, -0.05) is 36.4 Å². The van der Waals surface area contributed by atoms with Crippen LogP contribution in [0.25, 0.3) is 0 Å². The number of nitrogens with one attached hydrogen (secondary N) is 1. The van der Waals surface area contributed by atoms with Crippen LogP contribution in [0.1, 0.15) is 23.8 Å². The smallest absolute Gasteiger partial charge is 0.239 e. The van der Waals surface area contributed by atoms with E-state index in [0.29, 0.717) is 26.2 Å². The summed E-state index contributed by atoms with van der Waals surface area (Å²) in [6, 6.07) is 13.6. The van der Waals surface area contributed by atoms with E-state index >= 15 is 0 Å². The summed E-state index contributed by atoms with van der Waals surface area (Å²) in [5, 5.41) is 4.81. The molecule has 2 heterocycles. The lowest BCUT2D eigenvalue weighted by atomic mass is 10.1. The first kappa shape index (κ1) is 20.1. The SMILES string of the molecule is CCN(CC(=O)NCc1cccs1)C(=O)[C@H]1CC(=O)N(Cc2ccccc2)C1. The van der Waals surface area contributed by atoms with Gasteiger partial charge in [0.1, 0.15) is 0 Å². The molecule has 0 aliphatic carbocycles. The molecule has 1 aromatic carbocycles. The number of hydrogen-bond acceptors (Lipinski definition) is 4. The zero-order valence-corrected chi connectivity index (χ0v) is 16.8. The second kappa shape index (κ2) is 9.50. The number of thiophene rings is 1. The van der Waals surface area contributed by atoms with Gasteiger partial charge in [0.15, 0.2) is 0 Å². The van der Waals surface area contributed by atoms with E-state index in [-0.39, 0.29) is 36.6 Å². The van der Waals surface area contributed by atoms with E-state index in [1.54, 1.807) is 16.2 Å². The van der Waals surface area contributed by atoms with E-state index in [4.69, 9.17) is 0 Å². The molecule has 6 nitrogen and oxygen atoms in total. The molecule has 1 fully saturated rings. The highest BCUT2D eigenvalue weighted by atomic mass is 32.1. The molecule has 0 spiro atoms. The van der Waals surface area contributed by atoms with Crippen LogP contribution in [0.4, 0.5) is 0 Å². The van der Waals surface area contributed by atoms with E-state index < -0.39 is 0 Å². The first-order valence-electron chi connectivity index (χ1n) is 9.46. The average Bonchev–Trinajstić information content (AvgIpc) is 3.35. The summed E-state index contributed by atoms with van der Waals surface area (Å²) < 4.78 is 0. The molecule has 28 heavy (non-hydrogen) atoms. The third kappa shape index (κ3) is 5.19. The van der Waals surface area contributed by atoms with Crippen molar-refractivity contribution < 1.29 is 14.4 Å². The second-order valence-corrected chi connectivity index (χ2v) is 7.90. The van der Waals surface area contributed by atoms with Crippen LogP contribution in [0.15, 0.2) is 47.8 Å². The molecule has 7 heteroatoms. The van der Waals surface area contributed by atoms with Crippen LogP contribution < -0.4 is 5.32 Å². The Morgan fingerprint density at radius 3 is 2.68 bits per heavy atom. The molecule has 1 atom stereocenters. The van der Waals surface area contributed by atoms with Crippen molar-refractivity contribution in [3.63, 3.8) is 0 Å². The third-order valence-electron chi connectivity index (χ3n) is 4.85. The van der Waals surface area contributed by atoms with Gasteiger partial charge in [0, 0.05) is 30.9 Å². The minimum atomic E-state index is -0.388. The highest BCUT2D eigenvalue weighted by Crippen LogP contribution is 2.22. The molecule has 3 rings (SSSR count). The summed E-state index contributed by atoms with van der Waals surface area (Å²) in [4.78, 5) is 41.7. The molecule has 1 aromatic heterocycles. The van der Waals surface area contributed by atoms with E-state index in [1.165, 1.54) is 4.90 Å². The summed E-state index contributed by atoms with van der Waals surface area (Å²) in [6.07, 6.45) is 0.207. The number of amides is 3. The lowest BCUT2D eigenvalue weighted by Gasteiger charge is -2.24. The van der Waals surface area contributed by atoms with E-state index in [2.05, 4.69) is 5.32 Å². The first-order valence-corrected chi connectivity index (χ1v) is 10.3. The van der Waals surface area contributed by atoms with Crippen LogP contribution in [-0.2, 0) is 27.5 Å². The molecule has 0 radical (unpaired) electrons. The highest BCUT2D eigenvalue weighted by Gasteiger charge is 2.36. The molecule has 1 aliphatic heterocycles. The number of benzene rings is 1. The van der Waals surface area contributed by atoms with Crippen LogP contribution in [0, 0.1) is 5.92 Å². The van der Waals surface area contributed by atoms with Gasteiger partial charge >= 0.3 is 0 Å². The van der Waals surface area contributed by atoms with E-state index in [1.807, 2.05) is 54.8 Å². The molecular formula is C21H25N3O3S. The van der Waals surface area contributed by atoms with E-state index in [0.717, 1.165) is 10.4 Å². The third-order valence-corrected chi connectivity index (χ3v) is 5.72. The fourth-order valence-electron chi connectivity index (χ4n) is 3.33. The lowest BCUT2D eigenvalue weighted by Crippen LogP contribution is -2.43. The van der Waals surface area contributed by atoms with Crippen molar-refractivity contribution in [2.45, 2.75) is 26.4 Å². The Labute approximate surface area is 169 Å². The lowest BCUT2D eigenvalue weighted by molar-refractivity contribution is -0.139. The summed E-state index contributed by atoms with van der Waals surface area (Å²) in [5.74, 6) is -0.714. The summed E-state index contributed by atoms with van der Waals surface area (Å²) in [6.45, 7) is 3.69. The van der Waals surface area contributed by atoms with Gasteiger partial charge in [0.2, 0.25) is 17.7 Å². The topological polar surface area (TPSA) is 69.7 Å². The van der Waals surface area contributed by atoms with Crippen molar-refractivity contribution in [1.29, 1.82) is 0 Å². The molecule has 1 aliphatic rings. The molecule has 2 aromatic rings. The van der Waals surface area contributed by atoms with Gasteiger partial charge in [0.25, 0.3) is 0 Å². The first-order chi connectivity index (χ1) is 13.6. The molecule has 0 saturated carbocycles. The van der Waals surface area contributed by atoms with Gasteiger partial charge in [-0.2, -0.15) is 0 Å². The van der Waals surface area contributed by atoms with Crippen molar-refractivity contribution in [3.8, 4) is 0 Å². The summed E-state index contributed by atoms with van der Waals surface area (Å²) >= 11 is 1.58. The van der Waals surface area contributed by atoms with Crippen molar-refractivity contribution in [1.82, 2.24) is 15.1 Å². The van der Waals surface area contributed by atoms with Gasteiger partial charge in [-0.25, -0.2) is 0 Å². The van der Waals surface area contributed by atoms with Gasteiger partial charge in [-0.3, -0.25) is 14.4 Å². The molecule has 148 valence electrons. The Morgan fingerprint density at radius 1 is 1.21 bits per heavy atom. The quantitative estimate of drug-likeness (QED) is 0.740. The van der Waals surface area contributed by atoms with Crippen molar-refractivity contribution in [3.05, 3.63) is 58.3 Å². The number of likely N-dealkylation sites (N-methyl/N-ethyl adjacent to an activating group) is 1. The fraction of sp³-hybridized carbons (Fsp3) is 0.381. The normalized spacial score (nSPS) is 16.2. The van der Waals surface area contributed by atoms with Gasteiger partial charge in [-0.15, -0.1) is 11.3 Å². The maximum absolute atomic E-state index is 12.9. The average molecular weight is 400 g/mol. The number of likely N-dealkylation sites (tertiary alicyclic amines) is 1. The number of carbonyl (C=O) groups excluding carboxylic acids is 3. The fourth-order valence-corrected chi connectivity index (χ4v) is 3.97. The zero-order chi connectivity index (χ0) is 19.9. The molecule has 1 N–H and O–H groups in total. The minimum absolute atomic E-state index is 0.0135. The summed E-state index contributed by atoms with van der Waals surface area (Å²) in [7, 11) is 0.